The monoisotopic (exact) mass is 251 g/mol. The molecule has 2 rings (SSSR count). The van der Waals surface area contributed by atoms with E-state index >= 15 is 0 Å². The molecule has 2 unspecified atom stereocenters. The first-order chi connectivity index (χ1) is 8.61. The molecule has 1 aromatic rings. The number of anilines is 1. The Morgan fingerprint density at radius 1 is 1.44 bits per heavy atom. The van der Waals surface area contributed by atoms with Gasteiger partial charge in [-0.05, 0) is 37.0 Å². The zero-order valence-electron chi connectivity index (χ0n) is 10.7. The van der Waals surface area contributed by atoms with E-state index < -0.39 is 5.97 Å². The number of esters is 1. The molecule has 1 aliphatic rings. The minimum absolute atomic E-state index is 0.301. The maximum absolute atomic E-state index is 13.3. The Balaban J connectivity index is 2.24. The highest BCUT2D eigenvalue weighted by atomic mass is 19.1. The Hall–Kier alpha value is -1.58. The lowest BCUT2D eigenvalue weighted by Gasteiger charge is -2.20. The quantitative estimate of drug-likeness (QED) is 0.838. The van der Waals surface area contributed by atoms with Gasteiger partial charge in [0.2, 0.25) is 0 Å². The smallest absolute Gasteiger partial charge is 0.339 e. The van der Waals surface area contributed by atoms with Gasteiger partial charge in [0.15, 0.2) is 0 Å². The first-order valence-corrected chi connectivity index (χ1v) is 6.26. The van der Waals surface area contributed by atoms with E-state index in [-0.39, 0.29) is 5.82 Å². The molecular formula is C14H18FNO2. The van der Waals surface area contributed by atoms with Crippen molar-refractivity contribution in [3.05, 3.63) is 29.6 Å². The number of nitrogens with one attached hydrogen (secondary N) is 1. The van der Waals surface area contributed by atoms with E-state index in [9.17, 15) is 9.18 Å². The van der Waals surface area contributed by atoms with Crippen molar-refractivity contribution in [2.75, 3.05) is 12.4 Å². The van der Waals surface area contributed by atoms with E-state index in [2.05, 4.69) is 12.2 Å². The summed E-state index contributed by atoms with van der Waals surface area (Å²) in [4.78, 5) is 11.6. The summed E-state index contributed by atoms with van der Waals surface area (Å²) in [5.41, 5.74) is 0.915. The van der Waals surface area contributed by atoms with Gasteiger partial charge >= 0.3 is 5.97 Å². The molecule has 3 nitrogen and oxygen atoms in total. The molecule has 2 atom stereocenters. The predicted octanol–water partition coefficient (Wildman–Crippen LogP) is 3.21. The zero-order valence-corrected chi connectivity index (χ0v) is 10.7. The average Bonchev–Trinajstić information content (AvgIpc) is 2.74. The third-order valence-corrected chi connectivity index (χ3v) is 3.59. The molecule has 0 aromatic heterocycles. The molecule has 98 valence electrons. The molecule has 0 bridgehead atoms. The summed E-state index contributed by atoms with van der Waals surface area (Å²) in [5, 5.41) is 3.27. The standard InChI is InChI=1S/C14H18FNO2/c1-9-4-3-5-12(9)16-13-8-10(15)6-7-11(13)14(17)18-2/h6-9,12,16H,3-5H2,1-2H3. The summed E-state index contributed by atoms with van der Waals surface area (Å²) >= 11 is 0. The molecular weight excluding hydrogens is 233 g/mol. The number of benzene rings is 1. The number of carbonyl (C=O) groups excluding carboxylic acids is 1. The van der Waals surface area contributed by atoms with Crippen molar-refractivity contribution in [2.24, 2.45) is 5.92 Å². The Bertz CT molecular complexity index is 447. The maximum Gasteiger partial charge on any atom is 0.339 e. The fourth-order valence-electron chi connectivity index (χ4n) is 2.48. The molecule has 18 heavy (non-hydrogen) atoms. The summed E-state index contributed by atoms with van der Waals surface area (Å²) < 4.78 is 18.0. The van der Waals surface area contributed by atoms with Crippen LogP contribution in [0.1, 0.15) is 36.5 Å². The summed E-state index contributed by atoms with van der Waals surface area (Å²) in [5.74, 6) is -0.252. The van der Waals surface area contributed by atoms with Crippen LogP contribution in [0.25, 0.3) is 0 Å². The van der Waals surface area contributed by atoms with E-state index in [1.165, 1.54) is 38.2 Å². The van der Waals surface area contributed by atoms with Gasteiger partial charge in [-0.1, -0.05) is 13.3 Å². The van der Waals surface area contributed by atoms with Crippen LogP contribution >= 0.6 is 0 Å². The SMILES string of the molecule is COC(=O)c1ccc(F)cc1NC1CCCC1C. The van der Waals surface area contributed by atoms with Crippen molar-refractivity contribution in [3.63, 3.8) is 0 Å². The molecule has 0 amide bonds. The number of carbonyl (C=O) groups is 1. The summed E-state index contributed by atoms with van der Waals surface area (Å²) in [6, 6.07) is 4.39. The first kappa shape index (κ1) is 12.9. The summed E-state index contributed by atoms with van der Waals surface area (Å²) in [7, 11) is 1.33. The molecule has 0 radical (unpaired) electrons. The van der Waals surface area contributed by atoms with Gasteiger partial charge in [0.05, 0.1) is 18.4 Å². The minimum atomic E-state index is -0.442. The van der Waals surface area contributed by atoms with Crippen LogP contribution in [0.4, 0.5) is 10.1 Å². The van der Waals surface area contributed by atoms with Crippen LogP contribution in [0.5, 0.6) is 0 Å². The summed E-state index contributed by atoms with van der Waals surface area (Å²) in [6.45, 7) is 2.17. The van der Waals surface area contributed by atoms with Crippen molar-refractivity contribution < 1.29 is 13.9 Å². The number of rotatable bonds is 3. The number of halogens is 1. The van der Waals surface area contributed by atoms with E-state index in [0.717, 1.165) is 6.42 Å². The fourth-order valence-corrected chi connectivity index (χ4v) is 2.48. The molecule has 4 heteroatoms. The van der Waals surface area contributed by atoms with Crippen LogP contribution in [-0.2, 0) is 4.74 Å². The lowest BCUT2D eigenvalue weighted by atomic mass is 10.0. The van der Waals surface area contributed by atoms with Gasteiger partial charge in [-0.3, -0.25) is 0 Å². The molecule has 0 saturated heterocycles. The van der Waals surface area contributed by atoms with E-state index in [0.29, 0.717) is 23.2 Å². The number of hydrogen-bond acceptors (Lipinski definition) is 3. The molecule has 0 spiro atoms. The third-order valence-electron chi connectivity index (χ3n) is 3.59. The number of ether oxygens (including phenoxy) is 1. The Labute approximate surface area is 106 Å². The van der Waals surface area contributed by atoms with Crippen molar-refractivity contribution >= 4 is 11.7 Å². The molecule has 1 aromatic carbocycles. The highest BCUT2D eigenvalue weighted by molar-refractivity contribution is 5.95. The van der Waals surface area contributed by atoms with Gasteiger partial charge in [-0.25, -0.2) is 9.18 Å². The normalized spacial score (nSPS) is 22.8. The second-order valence-corrected chi connectivity index (χ2v) is 4.84. The highest BCUT2D eigenvalue weighted by Crippen LogP contribution is 2.29. The number of methoxy groups -OCH3 is 1. The van der Waals surface area contributed by atoms with Crippen LogP contribution in [-0.4, -0.2) is 19.1 Å². The maximum atomic E-state index is 13.3. The molecule has 1 N–H and O–H groups in total. The van der Waals surface area contributed by atoms with Gasteiger partial charge in [0.25, 0.3) is 0 Å². The molecule has 0 aliphatic heterocycles. The largest absolute Gasteiger partial charge is 0.465 e. The Kier molecular flexibility index (Phi) is 3.84. The van der Waals surface area contributed by atoms with E-state index in [4.69, 9.17) is 4.74 Å². The van der Waals surface area contributed by atoms with E-state index in [1.807, 2.05) is 0 Å². The topological polar surface area (TPSA) is 38.3 Å². The third kappa shape index (κ3) is 2.63. The molecule has 1 fully saturated rings. The first-order valence-electron chi connectivity index (χ1n) is 6.26. The van der Waals surface area contributed by atoms with Crippen LogP contribution in [0.3, 0.4) is 0 Å². The van der Waals surface area contributed by atoms with Crippen LogP contribution < -0.4 is 5.32 Å². The van der Waals surface area contributed by atoms with Crippen molar-refractivity contribution in [3.8, 4) is 0 Å². The lowest BCUT2D eigenvalue weighted by Crippen LogP contribution is -2.23. The van der Waals surface area contributed by atoms with Crippen LogP contribution in [0.2, 0.25) is 0 Å². The highest BCUT2D eigenvalue weighted by Gasteiger charge is 2.24. The lowest BCUT2D eigenvalue weighted by molar-refractivity contribution is 0.0601. The van der Waals surface area contributed by atoms with Gasteiger partial charge in [0.1, 0.15) is 5.82 Å². The van der Waals surface area contributed by atoms with Crippen molar-refractivity contribution in [1.82, 2.24) is 0 Å². The van der Waals surface area contributed by atoms with Gasteiger partial charge in [0, 0.05) is 6.04 Å². The Morgan fingerprint density at radius 2 is 2.22 bits per heavy atom. The van der Waals surface area contributed by atoms with Crippen molar-refractivity contribution in [1.29, 1.82) is 0 Å². The predicted molar refractivity (Wildman–Crippen MR) is 68.2 cm³/mol. The summed E-state index contributed by atoms with van der Waals surface area (Å²) in [6.07, 6.45) is 3.39. The van der Waals surface area contributed by atoms with Crippen molar-refractivity contribution in [2.45, 2.75) is 32.2 Å². The molecule has 0 heterocycles. The van der Waals surface area contributed by atoms with Gasteiger partial charge < -0.3 is 10.1 Å². The van der Waals surface area contributed by atoms with Crippen LogP contribution in [0, 0.1) is 11.7 Å². The van der Waals surface area contributed by atoms with Crippen LogP contribution in [0.15, 0.2) is 18.2 Å². The Morgan fingerprint density at radius 3 is 2.83 bits per heavy atom. The second kappa shape index (κ2) is 5.38. The number of hydrogen-bond donors (Lipinski definition) is 1. The molecule has 1 saturated carbocycles. The fraction of sp³-hybridized carbons (Fsp3) is 0.500. The average molecular weight is 251 g/mol. The second-order valence-electron chi connectivity index (χ2n) is 4.84. The van der Waals surface area contributed by atoms with E-state index in [1.54, 1.807) is 0 Å². The van der Waals surface area contributed by atoms with Gasteiger partial charge in [-0.15, -0.1) is 0 Å². The minimum Gasteiger partial charge on any atom is -0.465 e. The van der Waals surface area contributed by atoms with Gasteiger partial charge in [-0.2, -0.15) is 0 Å². The molecule has 1 aliphatic carbocycles. The zero-order chi connectivity index (χ0) is 13.1.